The highest BCUT2D eigenvalue weighted by Crippen LogP contribution is 2.06. The van der Waals surface area contributed by atoms with Crippen LogP contribution in [-0.2, 0) is 28.8 Å². The third-order valence-corrected chi connectivity index (χ3v) is 5.16. The molecule has 14 nitrogen and oxygen atoms in total. The van der Waals surface area contributed by atoms with Gasteiger partial charge >= 0.3 is 5.97 Å². The Kier molecular flexibility index (Phi) is 11.4. The average molecular weight is 487 g/mol. The van der Waals surface area contributed by atoms with Gasteiger partial charge in [0.05, 0.1) is 18.7 Å². The first-order chi connectivity index (χ1) is 15.8. The predicted octanol–water partition coefficient (Wildman–Crippen LogP) is -3.69. The van der Waals surface area contributed by atoms with Gasteiger partial charge in [0.2, 0.25) is 29.5 Å². The maximum Gasteiger partial charge on any atom is 0.326 e. The van der Waals surface area contributed by atoms with Crippen LogP contribution >= 0.6 is 0 Å². The zero-order valence-electron chi connectivity index (χ0n) is 19.4. The van der Waals surface area contributed by atoms with Gasteiger partial charge in [0, 0.05) is 13.0 Å². The number of β-amino-alcohol motifs (C(OH)–C–C–N with tert-alkyl or cyclic N) is 1. The van der Waals surface area contributed by atoms with E-state index in [9.17, 15) is 39.0 Å². The molecule has 0 aromatic rings. The second-order valence-electron chi connectivity index (χ2n) is 8.49. The first-order valence-electron chi connectivity index (χ1n) is 10.9. The molecule has 0 aromatic carbocycles. The normalized spacial score (nSPS) is 20.0. The quantitative estimate of drug-likeness (QED) is 0.128. The highest BCUT2D eigenvalue weighted by Gasteiger charge is 2.30. The second kappa shape index (κ2) is 13.4. The molecule has 192 valence electrons. The van der Waals surface area contributed by atoms with E-state index < -0.39 is 78.2 Å². The minimum atomic E-state index is -1.24. The standard InChI is InChI=1S/C20H34N6O8/c1-9(2)16(20(33)34)26-17(30)10(3)24-19(32)12(4-5-14(21)28)25-15(29)8-23-18(31)13-6-11(27)7-22-13/h9-13,16,22,27H,4-8H2,1-3H3,(H2,21,28)(H,23,31)(H,24,32)(H,25,29)(H,26,30)(H,33,34)/t10-,11+,12-,13-,16-/m0/s1. The molecule has 0 bridgehead atoms. The van der Waals surface area contributed by atoms with E-state index in [0.717, 1.165) is 0 Å². The van der Waals surface area contributed by atoms with Crippen molar-refractivity contribution in [1.29, 1.82) is 0 Å². The van der Waals surface area contributed by atoms with E-state index in [1.807, 2.05) is 0 Å². The third kappa shape index (κ3) is 9.70. The van der Waals surface area contributed by atoms with Gasteiger partial charge in [-0.25, -0.2) is 4.79 Å². The van der Waals surface area contributed by atoms with Crippen molar-refractivity contribution in [3.63, 3.8) is 0 Å². The van der Waals surface area contributed by atoms with E-state index in [2.05, 4.69) is 26.6 Å². The molecule has 1 rings (SSSR count). The molecule has 5 amide bonds. The van der Waals surface area contributed by atoms with Crippen LogP contribution in [0.25, 0.3) is 0 Å². The first-order valence-corrected chi connectivity index (χ1v) is 10.9. The smallest absolute Gasteiger partial charge is 0.326 e. The summed E-state index contributed by atoms with van der Waals surface area (Å²) in [6, 6.07) is -4.17. The topological polar surface area (TPSA) is 229 Å². The van der Waals surface area contributed by atoms with E-state index >= 15 is 0 Å². The highest BCUT2D eigenvalue weighted by atomic mass is 16.4. The van der Waals surface area contributed by atoms with E-state index in [-0.39, 0.29) is 25.8 Å². The Morgan fingerprint density at radius 2 is 1.68 bits per heavy atom. The summed E-state index contributed by atoms with van der Waals surface area (Å²) in [5.41, 5.74) is 5.12. The largest absolute Gasteiger partial charge is 0.480 e. The number of nitrogens with one attached hydrogen (secondary N) is 5. The van der Waals surface area contributed by atoms with Crippen LogP contribution < -0.4 is 32.3 Å². The summed E-state index contributed by atoms with van der Waals surface area (Å²) in [7, 11) is 0. The summed E-state index contributed by atoms with van der Waals surface area (Å²) >= 11 is 0. The van der Waals surface area contributed by atoms with Crippen LogP contribution in [0.2, 0.25) is 0 Å². The van der Waals surface area contributed by atoms with Gasteiger partial charge in [-0.15, -0.1) is 0 Å². The van der Waals surface area contributed by atoms with Gasteiger partial charge in [0.25, 0.3) is 0 Å². The van der Waals surface area contributed by atoms with Gasteiger partial charge in [0.15, 0.2) is 0 Å². The minimum absolute atomic E-state index is 0.157. The number of hydrogen-bond donors (Lipinski definition) is 8. The first kappa shape index (κ1) is 28.8. The molecule has 0 saturated carbocycles. The SMILES string of the molecule is CC(C)[C@H](NC(=O)[C@H](C)NC(=O)[C@H](CCC(N)=O)NC(=O)CNC(=O)[C@@H]1C[C@@H](O)CN1)C(=O)O. The number of primary amides is 1. The summed E-state index contributed by atoms with van der Waals surface area (Å²) < 4.78 is 0. The number of nitrogens with two attached hydrogens (primary N) is 1. The number of aliphatic hydroxyl groups excluding tert-OH is 1. The zero-order valence-corrected chi connectivity index (χ0v) is 19.4. The van der Waals surface area contributed by atoms with E-state index in [1.165, 1.54) is 6.92 Å². The van der Waals surface area contributed by atoms with Crippen molar-refractivity contribution in [3.8, 4) is 0 Å². The van der Waals surface area contributed by atoms with Gasteiger partial charge in [-0.1, -0.05) is 13.8 Å². The molecule has 14 heteroatoms. The monoisotopic (exact) mass is 486 g/mol. The molecule has 0 aliphatic carbocycles. The van der Waals surface area contributed by atoms with E-state index in [0.29, 0.717) is 0 Å². The number of carbonyl (C=O) groups excluding carboxylic acids is 5. The lowest BCUT2D eigenvalue weighted by atomic mass is 10.0. The van der Waals surface area contributed by atoms with Gasteiger partial charge in [-0.3, -0.25) is 24.0 Å². The lowest BCUT2D eigenvalue weighted by Crippen LogP contribution is -2.56. The Balaban J connectivity index is 2.68. The van der Waals surface area contributed by atoms with Crippen molar-refractivity contribution in [3.05, 3.63) is 0 Å². The van der Waals surface area contributed by atoms with Gasteiger partial charge in [-0.2, -0.15) is 0 Å². The summed E-state index contributed by atoms with van der Waals surface area (Å²) in [5, 5.41) is 30.9. The Bertz CT molecular complexity index is 789. The van der Waals surface area contributed by atoms with Crippen molar-refractivity contribution in [2.75, 3.05) is 13.1 Å². The number of aliphatic hydroxyl groups is 1. The van der Waals surface area contributed by atoms with Crippen molar-refractivity contribution >= 4 is 35.5 Å². The van der Waals surface area contributed by atoms with Gasteiger partial charge < -0.3 is 42.5 Å². The number of amides is 5. The van der Waals surface area contributed by atoms with Crippen LogP contribution in [0, 0.1) is 5.92 Å². The summed E-state index contributed by atoms with van der Waals surface area (Å²) in [4.78, 5) is 71.7. The summed E-state index contributed by atoms with van der Waals surface area (Å²) in [6.07, 6.45) is -0.841. The molecular formula is C20H34N6O8. The number of aliphatic carboxylic acids is 1. The fraction of sp³-hybridized carbons (Fsp3) is 0.700. The molecule has 1 heterocycles. The molecule has 0 radical (unpaired) electrons. The molecular weight excluding hydrogens is 452 g/mol. The van der Waals surface area contributed by atoms with Crippen molar-refractivity contribution in [2.24, 2.45) is 11.7 Å². The van der Waals surface area contributed by atoms with Crippen molar-refractivity contribution < 1.29 is 39.0 Å². The van der Waals surface area contributed by atoms with Gasteiger partial charge in [0.1, 0.15) is 18.1 Å². The van der Waals surface area contributed by atoms with Crippen LogP contribution in [0.1, 0.15) is 40.0 Å². The predicted molar refractivity (Wildman–Crippen MR) is 118 cm³/mol. The van der Waals surface area contributed by atoms with Crippen molar-refractivity contribution in [1.82, 2.24) is 26.6 Å². The second-order valence-corrected chi connectivity index (χ2v) is 8.49. The van der Waals surface area contributed by atoms with E-state index in [1.54, 1.807) is 13.8 Å². The maximum absolute atomic E-state index is 12.6. The molecule has 1 saturated heterocycles. The Morgan fingerprint density at radius 3 is 2.18 bits per heavy atom. The highest BCUT2D eigenvalue weighted by molar-refractivity contribution is 5.94. The summed E-state index contributed by atoms with van der Waals surface area (Å²) in [6.45, 7) is 4.36. The number of carbonyl (C=O) groups is 6. The number of hydrogen-bond acceptors (Lipinski definition) is 8. The Morgan fingerprint density at radius 1 is 1.03 bits per heavy atom. The maximum atomic E-state index is 12.6. The molecule has 1 fully saturated rings. The molecule has 1 aliphatic heterocycles. The van der Waals surface area contributed by atoms with Gasteiger partial charge in [-0.05, 0) is 25.7 Å². The molecule has 0 unspecified atom stereocenters. The number of rotatable bonds is 13. The van der Waals surface area contributed by atoms with Crippen LogP contribution in [0.5, 0.6) is 0 Å². The third-order valence-electron chi connectivity index (χ3n) is 5.16. The van der Waals surface area contributed by atoms with Crippen LogP contribution in [0.3, 0.4) is 0 Å². The zero-order chi connectivity index (χ0) is 26.0. The fourth-order valence-electron chi connectivity index (χ4n) is 3.18. The lowest BCUT2D eigenvalue weighted by molar-refractivity contribution is -0.143. The molecule has 0 aromatic heterocycles. The number of carboxylic acid groups (broad SMARTS) is 1. The average Bonchev–Trinajstić information content (AvgIpc) is 3.18. The Hall–Kier alpha value is -3.26. The number of carboxylic acids is 1. The lowest BCUT2D eigenvalue weighted by Gasteiger charge is -2.23. The molecule has 5 atom stereocenters. The fourth-order valence-corrected chi connectivity index (χ4v) is 3.18. The minimum Gasteiger partial charge on any atom is -0.480 e. The molecule has 9 N–H and O–H groups in total. The van der Waals surface area contributed by atoms with Crippen molar-refractivity contribution in [2.45, 2.75) is 70.3 Å². The molecule has 1 aliphatic rings. The van der Waals surface area contributed by atoms with Crippen LogP contribution in [-0.4, -0.2) is 89.1 Å². The summed E-state index contributed by atoms with van der Waals surface area (Å²) in [5.74, 6) is -5.08. The molecule has 34 heavy (non-hydrogen) atoms. The van der Waals surface area contributed by atoms with Crippen LogP contribution in [0.4, 0.5) is 0 Å². The van der Waals surface area contributed by atoms with E-state index in [4.69, 9.17) is 5.73 Å². The Labute approximate surface area is 196 Å². The molecule has 0 spiro atoms. The van der Waals surface area contributed by atoms with Crippen LogP contribution in [0.15, 0.2) is 0 Å².